The van der Waals surface area contributed by atoms with Gasteiger partial charge < -0.3 is 9.88 Å². The van der Waals surface area contributed by atoms with Crippen LogP contribution in [0.15, 0.2) is 0 Å². The number of unbranched alkanes of at least 4 members (excludes halogenated alkanes) is 1. The second-order valence-corrected chi connectivity index (χ2v) is 8.82. The van der Waals surface area contributed by atoms with E-state index < -0.39 is 9.84 Å². The Hall–Kier alpha value is -1.63. The molecule has 0 spiro atoms. The van der Waals surface area contributed by atoms with Crippen molar-refractivity contribution in [1.29, 1.82) is 0 Å². The van der Waals surface area contributed by atoms with Crippen LogP contribution in [0.3, 0.4) is 0 Å². The normalized spacial score (nSPS) is 19.4. The van der Waals surface area contributed by atoms with Gasteiger partial charge in [-0.15, -0.1) is 0 Å². The summed E-state index contributed by atoms with van der Waals surface area (Å²) in [5, 5.41) is 0. The quantitative estimate of drug-likeness (QED) is 0.794. The first-order valence-corrected chi connectivity index (χ1v) is 10.2. The van der Waals surface area contributed by atoms with Gasteiger partial charge in [0.15, 0.2) is 15.6 Å². The van der Waals surface area contributed by atoms with Gasteiger partial charge in [0.05, 0.1) is 11.5 Å². The van der Waals surface area contributed by atoms with Gasteiger partial charge in [-0.3, -0.25) is 9.59 Å². The predicted molar refractivity (Wildman–Crippen MR) is 93.3 cm³/mol. The second-order valence-electron chi connectivity index (χ2n) is 6.59. The summed E-state index contributed by atoms with van der Waals surface area (Å²) < 4.78 is 23.6. The molecule has 2 heterocycles. The zero-order valence-electron chi connectivity index (χ0n) is 14.8. The van der Waals surface area contributed by atoms with Gasteiger partial charge in [-0.1, -0.05) is 13.3 Å². The molecule has 1 unspecified atom stereocenters. The van der Waals surface area contributed by atoms with E-state index in [1.165, 1.54) is 6.92 Å². The molecule has 0 bridgehead atoms. The van der Waals surface area contributed by atoms with Crippen LogP contribution in [-0.2, 0) is 9.84 Å². The molecule has 0 aliphatic carbocycles. The summed E-state index contributed by atoms with van der Waals surface area (Å²) in [7, 11) is -3.07. The number of hydrogen-bond donors (Lipinski definition) is 1. The highest BCUT2D eigenvalue weighted by Crippen LogP contribution is 2.24. The summed E-state index contributed by atoms with van der Waals surface area (Å²) in [6.45, 7) is 7.58. The van der Waals surface area contributed by atoms with Crippen LogP contribution in [0.5, 0.6) is 0 Å². The van der Waals surface area contributed by atoms with Gasteiger partial charge in [-0.25, -0.2) is 8.42 Å². The molecule has 1 saturated heterocycles. The van der Waals surface area contributed by atoms with E-state index in [9.17, 15) is 18.0 Å². The molecule has 24 heavy (non-hydrogen) atoms. The zero-order chi connectivity index (χ0) is 18.1. The SMILES string of the molecule is CCCCN(C(=O)c1[nH]c(C)c(C(C)=O)c1C)C1CCS(=O)(=O)C1. The Morgan fingerprint density at radius 3 is 2.42 bits per heavy atom. The number of nitrogens with one attached hydrogen (secondary N) is 1. The number of hydrogen-bond acceptors (Lipinski definition) is 4. The maximum atomic E-state index is 13.0. The molecule has 1 aromatic rings. The van der Waals surface area contributed by atoms with Crippen molar-refractivity contribution >= 4 is 21.5 Å². The lowest BCUT2D eigenvalue weighted by Crippen LogP contribution is -2.42. The number of aryl methyl sites for hydroxylation is 1. The van der Waals surface area contributed by atoms with Gasteiger partial charge in [0.2, 0.25) is 0 Å². The summed E-state index contributed by atoms with van der Waals surface area (Å²) in [6, 6.07) is -0.280. The summed E-state index contributed by atoms with van der Waals surface area (Å²) in [4.78, 5) is 29.5. The minimum Gasteiger partial charge on any atom is -0.354 e. The first-order valence-electron chi connectivity index (χ1n) is 8.39. The summed E-state index contributed by atoms with van der Waals surface area (Å²) in [5.41, 5.74) is 2.27. The van der Waals surface area contributed by atoms with Gasteiger partial charge >= 0.3 is 0 Å². The molecule has 1 aromatic heterocycles. The minimum atomic E-state index is -3.07. The highest BCUT2D eigenvalue weighted by Gasteiger charge is 2.36. The van der Waals surface area contributed by atoms with Crippen LogP contribution >= 0.6 is 0 Å². The fourth-order valence-corrected chi connectivity index (χ4v) is 5.17. The van der Waals surface area contributed by atoms with E-state index in [4.69, 9.17) is 0 Å². The summed E-state index contributed by atoms with van der Waals surface area (Å²) in [6.07, 6.45) is 2.22. The topological polar surface area (TPSA) is 87.3 Å². The number of aromatic amines is 1. The van der Waals surface area contributed by atoms with Crippen molar-refractivity contribution in [3.05, 3.63) is 22.5 Å². The van der Waals surface area contributed by atoms with Gasteiger partial charge in [-0.05, 0) is 39.2 Å². The predicted octanol–water partition coefficient (Wildman–Crippen LogP) is 2.26. The van der Waals surface area contributed by atoms with Crippen LogP contribution in [0.4, 0.5) is 0 Å². The number of nitrogens with zero attached hydrogens (tertiary/aromatic N) is 1. The molecular weight excluding hydrogens is 328 g/mol. The van der Waals surface area contributed by atoms with Gasteiger partial charge in [0.25, 0.3) is 5.91 Å². The molecule has 2 rings (SSSR count). The standard InChI is InChI=1S/C17H26N2O4S/c1-5-6-8-19(14-7-9-24(22,23)10-14)17(21)16-11(2)15(13(4)20)12(3)18-16/h14,18H,5-10H2,1-4H3. The molecule has 7 heteroatoms. The number of rotatable bonds is 6. The van der Waals surface area contributed by atoms with Crippen LogP contribution in [-0.4, -0.2) is 54.1 Å². The number of aromatic nitrogens is 1. The molecular formula is C17H26N2O4S. The molecule has 0 radical (unpaired) electrons. The van der Waals surface area contributed by atoms with Crippen molar-refractivity contribution in [2.45, 2.75) is 53.0 Å². The van der Waals surface area contributed by atoms with Crippen LogP contribution in [0.2, 0.25) is 0 Å². The van der Waals surface area contributed by atoms with Crippen LogP contribution in [0.1, 0.15) is 65.2 Å². The third-order valence-electron chi connectivity index (χ3n) is 4.67. The van der Waals surface area contributed by atoms with Crippen molar-refractivity contribution in [3.8, 4) is 0 Å². The lowest BCUT2D eigenvalue weighted by atomic mass is 10.1. The lowest BCUT2D eigenvalue weighted by Gasteiger charge is -2.28. The molecule has 1 amide bonds. The van der Waals surface area contributed by atoms with Crippen LogP contribution in [0.25, 0.3) is 0 Å². The third-order valence-corrected chi connectivity index (χ3v) is 6.42. The average molecular weight is 354 g/mol. The van der Waals surface area contributed by atoms with Crippen LogP contribution < -0.4 is 0 Å². The van der Waals surface area contributed by atoms with Crippen molar-refractivity contribution in [3.63, 3.8) is 0 Å². The number of carbonyl (C=O) groups is 2. The number of carbonyl (C=O) groups excluding carboxylic acids is 2. The molecule has 1 N–H and O–H groups in total. The maximum Gasteiger partial charge on any atom is 0.270 e. The minimum absolute atomic E-state index is 0.0285. The van der Waals surface area contributed by atoms with E-state index in [2.05, 4.69) is 4.98 Å². The van der Waals surface area contributed by atoms with Gasteiger partial charge in [0.1, 0.15) is 5.69 Å². The lowest BCUT2D eigenvalue weighted by molar-refractivity contribution is 0.0688. The van der Waals surface area contributed by atoms with Crippen molar-refractivity contribution in [2.24, 2.45) is 0 Å². The Balaban J connectivity index is 2.35. The molecule has 6 nitrogen and oxygen atoms in total. The van der Waals surface area contributed by atoms with E-state index in [1.807, 2.05) is 6.92 Å². The number of H-pyrrole nitrogens is 1. The highest BCUT2D eigenvalue weighted by molar-refractivity contribution is 7.91. The molecule has 134 valence electrons. The fraction of sp³-hybridized carbons (Fsp3) is 0.647. The Kier molecular flexibility index (Phi) is 5.52. The van der Waals surface area contributed by atoms with E-state index in [-0.39, 0.29) is 29.2 Å². The highest BCUT2D eigenvalue weighted by atomic mass is 32.2. The molecule has 1 aliphatic heterocycles. The first kappa shape index (κ1) is 18.7. The van der Waals surface area contributed by atoms with Crippen molar-refractivity contribution in [1.82, 2.24) is 9.88 Å². The maximum absolute atomic E-state index is 13.0. The Bertz CT molecular complexity index is 749. The number of ketones is 1. The average Bonchev–Trinajstić information content (AvgIpc) is 2.98. The summed E-state index contributed by atoms with van der Waals surface area (Å²) in [5.74, 6) is -0.127. The van der Waals surface area contributed by atoms with Crippen molar-refractivity contribution < 1.29 is 18.0 Å². The fourth-order valence-electron chi connectivity index (χ4n) is 3.44. The van der Waals surface area contributed by atoms with Crippen molar-refractivity contribution in [2.75, 3.05) is 18.1 Å². The summed E-state index contributed by atoms with van der Waals surface area (Å²) >= 11 is 0. The van der Waals surface area contributed by atoms with Gasteiger partial charge in [0, 0.05) is 23.8 Å². The number of amides is 1. The Morgan fingerprint density at radius 2 is 1.96 bits per heavy atom. The molecule has 1 fully saturated rings. The monoisotopic (exact) mass is 354 g/mol. The van der Waals surface area contributed by atoms with E-state index >= 15 is 0 Å². The number of Topliss-reactive ketones (excluding diaryl/α,β-unsaturated/α-hetero) is 1. The van der Waals surface area contributed by atoms with E-state index in [0.717, 1.165) is 12.8 Å². The molecule has 0 saturated carbocycles. The van der Waals surface area contributed by atoms with Gasteiger partial charge in [-0.2, -0.15) is 0 Å². The Labute approximate surface area is 143 Å². The number of sulfone groups is 1. The zero-order valence-corrected chi connectivity index (χ0v) is 15.6. The van der Waals surface area contributed by atoms with E-state index in [1.54, 1.807) is 18.7 Å². The van der Waals surface area contributed by atoms with E-state index in [0.29, 0.717) is 35.5 Å². The van der Waals surface area contributed by atoms with Crippen LogP contribution in [0, 0.1) is 13.8 Å². The first-order chi connectivity index (χ1) is 11.2. The third kappa shape index (κ3) is 3.71. The smallest absolute Gasteiger partial charge is 0.270 e. The molecule has 1 aliphatic rings. The molecule has 0 aromatic carbocycles. The second kappa shape index (κ2) is 7.09. The Morgan fingerprint density at radius 1 is 1.29 bits per heavy atom. The largest absolute Gasteiger partial charge is 0.354 e. The molecule has 1 atom stereocenters.